The Labute approximate surface area is 154 Å². The van der Waals surface area contributed by atoms with Crippen molar-refractivity contribution in [3.05, 3.63) is 83.4 Å². The van der Waals surface area contributed by atoms with Crippen LogP contribution in [0.2, 0.25) is 0 Å². The summed E-state index contributed by atoms with van der Waals surface area (Å²) in [5.41, 5.74) is 2.43. The first-order chi connectivity index (χ1) is 12.4. The molecule has 0 fully saturated rings. The van der Waals surface area contributed by atoms with E-state index in [1.807, 2.05) is 11.6 Å². The van der Waals surface area contributed by atoms with Crippen molar-refractivity contribution in [3.8, 4) is 0 Å². The number of hydrogen-bond donors (Lipinski definition) is 1. The number of nitrogens with zero attached hydrogens (tertiary/aromatic N) is 1. The standard InChI is InChI=1S/C22H24N2S/c1-4-10-18(11-5-1)22(19-12-6-2-7-13-19,20-14-8-3-9-15-20)24-21-23-16-17-25-21/h1,4-6,8,10-14,16-17,20H,2-3,7,9,15H2,(H,23,24). The Balaban J connectivity index is 1.89. The van der Waals surface area contributed by atoms with Gasteiger partial charge in [-0.3, -0.25) is 0 Å². The zero-order valence-electron chi connectivity index (χ0n) is 14.4. The highest BCUT2D eigenvalue weighted by Crippen LogP contribution is 2.46. The molecule has 0 spiro atoms. The van der Waals surface area contributed by atoms with Crippen molar-refractivity contribution in [2.75, 3.05) is 5.32 Å². The third kappa shape index (κ3) is 3.21. The van der Waals surface area contributed by atoms with Gasteiger partial charge in [0.05, 0.1) is 5.54 Å². The van der Waals surface area contributed by atoms with Crippen molar-refractivity contribution in [1.29, 1.82) is 0 Å². The second-order valence-corrected chi connectivity index (χ2v) is 7.64. The summed E-state index contributed by atoms with van der Waals surface area (Å²) in [5.74, 6) is 0.418. The molecule has 2 aliphatic rings. The first-order valence-electron chi connectivity index (χ1n) is 9.16. The summed E-state index contributed by atoms with van der Waals surface area (Å²) in [6.45, 7) is 0. The molecule has 2 aromatic rings. The molecule has 1 N–H and O–H groups in total. The maximum Gasteiger partial charge on any atom is 0.183 e. The highest BCUT2D eigenvalue weighted by molar-refractivity contribution is 7.13. The molecule has 2 nitrogen and oxygen atoms in total. The number of anilines is 1. The van der Waals surface area contributed by atoms with Gasteiger partial charge >= 0.3 is 0 Å². The highest BCUT2D eigenvalue weighted by Gasteiger charge is 2.42. The van der Waals surface area contributed by atoms with Crippen molar-refractivity contribution in [1.82, 2.24) is 4.98 Å². The van der Waals surface area contributed by atoms with Gasteiger partial charge in [-0.2, -0.15) is 0 Å². The number of nitrogens with one attached hydrogen (secondary N) is 1. The lowest BCUT2D eigenvalue weighted by Gasteiger charge is -2.44. The second-order valence-electron chi connectivity index (χ2n) is 6.74. The Morgan fingerprint density at radius 3 is 2.68 bits per heavy atom. The fourth-order valence-corrected chi connectivity index (χ4v) is 4.66. The second kappa shape index (κ2) is 7.40. The maximum absolute atomic E-state index is 4.55. The van der Waals surface area contributed by atoms with Gasteiger partial charge in [0.25, 0.3) is 0 Å². The molecule has 0 saturated heterocycles. The van der Waals surface area contributed by atoms with E-state index in [-0.39, 0.29) is 5.54 Å². The summed E-state index contributed by atoms with van der Waals surface area (Å²) in [5, 5.41) is 6.90. The molecule has 2 unspecified atom stereocenters. The lowest BCUT2D eigenvalue weighted by molar-refractivity contribution is 0.380. The molecule has 2 atom stereocenters. The molecule has 2 aliphatic carbocycles. The Morgan fingerprint density at radius 2 is 2.00 bits per heavy atom. The predicted molar refractivity (Wildman–Crippen MR) is 107 cm³/mol. The molecule has 1 aromatic carbocycles. The first-order valence-corrected chi connectivity index (χ1v) is 10.0. The van der Waals surface area contributed by atoms with Crippen LogP contribution in [0.5, 0.6) is 0 Å². The Kier molecular flexibility index (Phi) is 4.84. The van der Waals surface area contributed by atoms with Gasteiger partial charge in [-0.25, -0.2) is 4.98 Å². The number of aromatic nitrogens is 1. The van der Waals surface area contributed by atoms with Crippen LogP contribution in [0.15, 0.2) is 77.9 Å². The van der Waals surface area contributed by atoms with E-state index in [1.54, 1.807) is 11.3 Å². The lowest BCUT2D eigenvalue weighted by Crippen LogP contribution is -2.44. The fraction of sp³-hybridized carbons (Fsp3) is 0.318. The first kappa shape index (κ1) is 16.3. The quantitative estimate of drug-likeness (QED) is 0.662. The average molecular weight is 349 g/mol. The molecule has 4 rings (SSSR count). The highest BCUT2D eigenvalue weighted by atomic mass is 32.1. The number of allylic oxidation sites excluding steroid dienone is 3. The van der Waals surface area contributed by atoms with Crippen molar-refractivity contribution >= 4 is 16.5 Å². The topological polar surface area (TPSA) is 24.9 Å². The monoisotopic (exact) mass is 348 g/mol. The third-order valence-electron chi connectivity index (χ3n) is 5.23. The van der Waals surface area contributed by atoms with Gasteiger partial charge in [0.1, 0.15) is 0 Å². The number of thiazole rings is 1. The summed E-state index contributed by atoms with van der Waals surface area (Å²) < 4.78 is 0. The molecule has 0 aliphatic heterocycles. The normalized spacial score (nSPS) is 22.2. The summed E-state index contributed by atoms with van der Waals surface area (Å²) in [6.07, 6.45) is 19.5. The lowest BCUT2D eigenvalue weighted by atomic mass is 9.68. The molecule has 0 radical (unpaired) electrons. The molecule has 0 bridgehead atoms. The molecule has 0 amide bonds. The van der Waals surface area contributed by atoms with Crippen LogP contribution >= 0.6 is 11.3 Å². The summed E-state index contributed by atoms with van der Waals surface area (Å²) in [7, 11) is 0. The summed E-state index contributed by atoms with van der Waals surface area (Å²) in [6, 6.07) is 10.9. The van der Waals surface area contributed by atoms with Gasteiger partial charge in [-0.15, -0.1) is 11.3 Å². The zero-order chi connectivity index (χ0) is 17.0. The van der Waals surface area contributed by atoms with Gasteiger partial charge in [0, 0.05) is 17.5 Å². The van der Waals surface area contributed by atoms with E-state index >= 15 is 0 Å². The minimum Gasteiger partial charge on any atom is -0.347 e. The van der Waals surface area contributed by atoms with Crippen LogP contribution < -0.4 is 5.32 Å². The molecule has 25 heavy (non-hydrogen) atoms. The van der Waals surface area contributed by atoms with Crippen LogP contribution in [-0.4, -0.2) is 4.98 Å². The SMILES string of the molecule is C1=CC(C(Nc2nccs2)(c2ccccc2)C2C=CCCC2)=CCC1. The molecule has 1 aromatic heterocycles. The number of hydrogen-bond acceptors (Lipinski definition) is 3. The number of rotatable bonds is 5. The maximum atomic E-state index is 4.55. The van der Waals surface area contributed by atoms with E-state index in [4.69, 9.17) is 0 Å². The van der Waals surface area contributed by atoms with Crippen LogP contribution in [0.1, 0.15) is 37.7 Å². The van der Waals surface area contributed by atoms with Crippen LogP contribution in [-0.2, 0) is 5.54 Å². The number of benzene rings is 1. The largest absolute Gasteiger partial charge is 0.347 e. The zero-order valence-corrected chi connectivity index (χ0v) is 15.2. The van der Waals surface area contributed by atoms with E-state index in [2.05, 4.69) is 71.0 Å². The van der Waals surface area contributed by atoms with Gasteiger partial charge in [0.2, 0.25) is 0 Å². The van der Waals surface area contributed by atoms with Crippen molar-refractivity contribution < 1.29 is 0 Å². The van der Waals surface area contributed by atoms with Crippen LogP contribution in [0.4, 0.5) is 5.13 Å². The minimum absolute atomic E-state index is 0.257. The molecule has 128 valence electrons. The summed E-state index contributed by atoms with van der Waals surface area (Å²) in [4.78, 5) is 4.55. The Hall–Kier alpha value is -2.13. The molecule has 1 heterocycles. The van der Waals surface area contributed by atoms with E-state index in [9.17, 15) is 0 Å². The van der Waals surface area contributed by atoms with E-state index < -0.39 is 0 Å². The summed E-state index contributed by atoms with van der Waals surface area (Å²) >= 11 is 1.67. The van der Waals surface area contributed by atoms with Crippen LogP contribution in [0, 0.1) is 5.92 Å². The average Bonchev–Trinajstić information content (AvgIpc) is 3.21. The van der Waals surface area contributed by atoms with E-state index in [0.29, 0.717) is 5.92 Å². The van der Waals surface area contributed by atoms with Crippen LogP contribution in [0.3, 0.4) is 0 Å². The Morgan fingerprint density at radius 1 is 1.08 bits per heavy atom. The van der Waals surface area contributed by atoms with Gasteiger partial charge in [0.15, 0.2) is 5.13 Å². The van der Waals surface area contributed by atoms with Crippen molar-refractivity contribution in [2.45, 2.75) is 37.6 Å². The fourth-order valence-electron chi connectivity index (χ4n) is 4.07. The van der Waals surface area contributed by atoms with Gasteiger partial charge in [-0.05, 0) is 43.2 Å². The molecular formula is C22H24N2S. The van der Waals surface area contributed by atoms with Crippen LogP contribution in [0.25, 0.3) is 0 Å². The Bertz CT molecular complexity index is 774. The third-order valence-corrected chi connectivity index (χ3v) is 5.91. The smallest absolute Gasteiger partial charge is 0.183 e. The van der Waals surface area contributed by atoms with Crippen molar-refractivity contribution in [2.24, 2.45) is 5.92 Å². The van der Waals surface area contributed by atoms with E-state index in [0.717, 1.165) is 18.0 Å². The van der Waals surface area contributed by atoms with Gasteiger partial charge < -0.3 is 5.32 Å². The molecule has 3 heteroatoms. The predicted octanol–water partition coefficient (Wildman–Crippen LogP) is 6.08. The minimum atomic E-state index is -0.257. The molecular weight excluding hydrogens is 324 g/mol. The van der Waals surface area contributed by atoms with Crippen molar-refractivity contribution in [3.63, 3.8) is 0 Å². The van der Waals surface area contributed by atoms with E-state index in [1.165, 1.54) is 30.4 Å². The van der Waals surface area contributed by atoms with Gasteiger partial charge in [-0.1, -0.05) is 60.7 Å². The molecule has 0 saturated carbocycles.